The summed E-state index contributed by atoms with van der Waals surface area (Å²) in [6.07, 6.45) is 0. The molecule has 8 heteroatoms. The van der Waals surface area contributed by atoms with Gasteiger partial charge in [-0.3, -0.25) is 9.69 Å². The van der Waals surface area contributed by atoms with Gasteiger partial charge in [0.25, 0.3) is 0 Å². The van der Waals surface area contributed by atoms with Crippen LogP contribution < -0.4 is 23.6 Å². The molecule has 0 saturated carbocycles. The van der Waals surface area contributed by atoms with Gasteiger partial charge in [0, 0.05) is 26.2 Å². The van der Waals surface area contributed by atoms with E-state index in [0.717, 1.165) is 55.3 Å². The topological polar surface area (TPSA) is 51.2 Å². The summed E-state index contributed by atoms with van der Waals surface area (Å²) >= 11 is 0. The van der Waals surface area contributed by atoms with Crippen molar-refractivity contribution >= 4 is 14.2 Å². The molecule has 0 spiro atoms. The number of amides is 1. The number of ether oxygens (including phenoxy) is 2. The molecule has 6 nitrogen and oxygen atoms in total. The third-order valence-electron chi connectivity index (χ3n) is 8.34. The first kappa shape index (κ1) is 34.5. The summed E-state index contributed by atoms with van der Waals surface area (Å²) < 4.78 is 18.0. The minimum atomic E-state index is -1.95. The van der Waals surface area contributed by atoms with Gasteiger partial charge in [-0.1, -0.05) is 44.0 Å². The standard InChI is InChI=1S/C32H49N2O4Si.Li/c1-25-10-11-26(2)29(24-25)30(35)34(19-23-38-39(8,9)31(3,4)5)32(6,7)27-12-14-28(15-13-27)37-22-18-33-16-20-36-21-17-33;/h10-15,24H,2,16-23H2,1,3-9H3;/q-1;+1. The zero-order valence-electron chi connectivity index (χ0n) is 26.4. The fourth-order valence-corrected chi connectivity index (χ4v) is 5.55. The summed E-state index contributed by atoms with van der Waals surface area (Å²) in [7, 11) is -1.95. The normalized spacial score (nSPS) is 14.9. The van der Waals surface area contributed by atoms with Crippen LogP contribution in [0.3, 0.4) is 0 Å². The Bertz CT molecular complexity index is 1090. The number of carbonyl (C=O) groups excluding carboxylic acids is 1. The van der Waals surface area contributed by atoms with Crippen molar-refractivity contribution in [1.29, 1.82) is 0 Å². The van der Waals surface area contributed by atoms with E-state index in [9.17, 15) is 4.79 Å². The Morgan fingerprint density at radius 3 is 2.25 bits per heavy atom. The Morgan fingerprint density at radius 2 is 1.65 bits per heavy atom. The quantitative estimate of drug-likeness (QED) is 0.312. The Kier molecular flexibility index (Phi) is 12.4. The van der Waals surface area contributed by atoms with Crippen LogP contribution in [-0.4, -0.2) is 76.6 Å². The second kappa shape index (κ2) is 14.4. The Hall–Kier alpha value is -1.73. The zero-order chi connectivity index (χ0) is 28.8. The van der Waals surface area contributed by atoms with Gasteiger partial charge in [0.2, 0.25) is 0 Å². The molecule has 1 fully saturated rings. The van der Waals surface area contributed by atoms with Crippen LogP contribution in [0.4, 0.5) is 0 Å². The number of rotatable bonds is 11. The maximum atomic E-state index is 14.1. The van der Waals surface area contributed by atoms with Gasteiger partial charge < -0.3 is 18.8 Å². The molecule has 0 N–H and O–H groups in total. The van der Waals surface area contributed by atoms with E-state index in [1.807, 2.05) is 42.2 Å². The van der Waals surface area contributed by atoms with E-state index in [-0.39, 0.29) is 29.8 Å². The van der Waals surface area contributed by atoms with E-state index >= 15 is 0 Å². The Morgan fingerprint density at radius 1 is 1.02 bits per heavy atom. The smallest absolute Gasteiger partial charge is 0.492 e. The first-order valence-corrected chi connectivity index (χ1v) is 17.1. The number of carbonyl (C=O) groups is 1. The van der Waals surface area contributed by atoms with Gasteiger partial charge in [0.15, 0.2) is 14.2 Å². The molecule has 1 saturated heterocycles. The van der Waals surface area contributed by atoms with E-state index in [1.54, 1.807) is 0 Å². The van der Waals surface area contributed by atoms with Crippen LogP contribution in [0.15, 0.2) is 42.5 Å². The van der Waals surface area contributed by atoms with Crippen molar-refractivity contribution in [3.8, 4) is 5.75 Å². The molecular weight excluding hydrogens is 511 g/mol. The minimum Gasteiger partial charge on any atom is -0.492 e. The predicted octanol–water partition coefficient (Wildman–Crippen LogP) is 3.29. The van der Waals surface area contributed by atoms with Crippen LogP contribution in [0.5, 0.6) is 5.75 Å². The molecule has 0 radical (unpaired) electrons. The second-order valence-corrected chi connectivity index (χ2v) is 17.4. The average Bonchev–Trinajstić information content (AvgIpc) is 2.88. The first-order chi connectivity index (χ1) is 18.2. The molecule has 2 aromatic rings. The van der Waals surface area contributed by atoms with Crippen LogP contribution >= 0.6 is 0 Å². The largest absolute Gasteiger partial charge is 1.00 e. The molecule has 216 valence electrons. The van der Waals surface area contributed by atoms with E-state index in [1.165, 1.54) is 0 Å². The van der Waals surface area contributed by atoms with Crippen molar-refractivity contribution < 1.29 is 37.6 Å². The maximum absolute atomic E-state index is 14.1. The van der Waals surface area contributed by atoms with Crippen LogP contribution in [0.25, 0.3) is 0 Å². The second-order valence-electron chi connectivity index (χ2n) is 12.6. The average molecular weight is 561 g/mol. The minimum absolute atomic E-state index is 0. The third-order valence-corrected chi connectivity index (χ3v) is 12.9. The number of aryl methyl sites for hydroxylation is 1. The fraction of sp³-hybridized carbons (Fsp3) is 0.562. The number of morpholine rings is 1. The predicted molar refractivity (Wildman–Crippen MR) is 162 cm³/mol. The molecule has 1 heterocycles. The molecule has 1 aliphatic rings. The molecule has 0 unspecified atom stereocenters. The summed E-state index contributed by atoms with van der Waals surface area (Å²) in [6.45, 7) is 27.5. The van der Waals surface area contributed by atoms with Crippen molar-refractivity contribution in [1.82, 2.24) is 9.80 Å². The fourth-order valence-electron chi connectivity index (χ4n) is 4.51. The molecule has 1 amide bonds. The molecule has 40 heavy (non-hydrogen) atoms. The van der Waals surface area contributed by atoms with Gasteiger partial charge in [0.1, 0.15) is 12.4 Å². The number of hydrogen-bond acceptors (Lipinski definition) is 5. The zero-order valence-corrected chi connectivity index (χ0v) is 27.4. The SMILES string of the molecule is [CH2-]c1ccc(C)cc1C(=O)N(CCO[Si](C)(C)C(C)(C)C)C(C)(C)c1ccc(OCCN2CCOCC2)cc1.[Li+]. The van der Waals surface area contributed by atoms with Gasteiger partial charge in [-0.25, -0.2) is 0 Å². The van der Waals surface area contributed by atoms with Crippen molar-refractivity contribution in [2.45, 2.75) is 65.2 Å². The molecule has 3 rings (SSSR count). The Labute approximate surface area is 256 Å². The van der Waals surface area contributed by atoms with E-state index in [4.69, 9.17) is 13.9 Å². The molecule has 0 atom stereocenters. The molecule has 1 aliphatic heterocycles. The summed E-state index contributed by atoms with van der Waals surface area (Å²) in [4.78, 5) is 18.4. The van der Waals surface area contributed by atoms with E-state index in [0.29, 0.717) is 25.3 Å². The molecule has 2 aromatic carbocycles. The maximum Gasteiger partial charge on any atom is 1.00 e. The van der Waals surface area contributed by atoms with E-state index < -0.39 is 13.9 Å². The van der Waals surface area contributed by atoms with Crippen molar-refractivity contribution in [2.75, 3.05) is 52.6 Å². The monoisotopic (exact) mass is 560 g/mol. The Balaban J connectivity index is 0.00000560. The van der Waals surface area contributed by atoms with Gasteiger partial charge in [-0.05, 0) is 56.6 Å². The van der Waals surface area contributed by atoms with Gasteiger partial charge >= 0.3 is 18.9 Å². The summed E-state index contributed by atoms with van der Waals surface area (Å²) in [5.74, 6) is 0.805. The molecule has 0 aliphatic carbocycles. The van der Waals surface area contributed by atoms with Crippen LogP contribution in [0, 0.1) is 13.8 Å². The van der Waals surface area contributed by atoms with Gasteiger partial charge in [-0.15, -0.1) is 12.1 Å². The number of benzene rings is 2. The van der Waals surface area contributed by atoms with Crippen molar-refractivity contribution in [3.63, 3.8) is 0 Å². The summed E-state index contributed by atoms with van der Waals surface area (Å²) in [5, 5.41) is 0.103. The first-order valence-electron chi connectivity index (χ1n) is 14.1. The number of hydrogen-bond donors (Lipinski definition) is 0. The number of nitrogens with zero attached hydrogens (tertiary/aromatic N) is 2. The third kappa shape index (κ3) is 8.88. The van der Waals surface area contributed by atoms with Crippen LogP contribution in [0.2, 0.25) is 18.1 Å². The summed E-state index contributed by atoms with van der Waals surface area (Å²) in [6, 6.07) is 14.0. The molecule has 0 aromatic heterocycles. The van der Waals surface area contributed by atoms with Crippen molar-refractivity contribution in [2.24, 2.45) is 0 Å². The van der Waals surface area contributed by atoms with Gasteiger partial charge in [0.05, 0.1) is 25.4 Å². The van der Waals surface area contributed by atoms with Crippen LogP contribution in [0.1, 0.15) is 61.7 Å². The van der Waals surface area contributed by atoms with E-state index in [2.05, 4.69) is 71.7 Å². The van der Waals surface area contributed by atoms with Crippen molar-refractivity contribution in [3.05, 3.63) is 71.6 Å². The molecular formula is C32H49LiN2O4Si. The molecule has 0 bridgehead atoms. The van der Waals surface area contributed by atoms with Crippen LogP contribution in [-0.2, 0) is 14.7 Å². The summed E-state index contributed by atoms with van der Waals surface area (Å²) in [5.41, 5.74) is 2.89. The van der Waals surface area contributed by atoms with Gasteiger partial charge in [-0.2, -0.15) is 18.6 Å².